The third kappa shape index (κ3) is 5.67. The van der Waals surface area contributed by atoms with Crippen molar-refractivity contribution in [2.75, 3.05) is 14.1 Å². The molecule has 132 valence electrons. The molecule has 0 radical (unpaired) electrons. The van der Waals surface area contributed by atoms with E-state index in [0.717, 1.165) is 22.2 Å². The second-order valence-electron chi connectivity index (χ2n) is 5.20. The highest BCUT2D eigenvalue weighted by molar-refractivity contribution is 14.0. The summed E-state index contributed by atoms with van der Waals surface area (Å²) in [5.41, 5.74) is 2.18. The number of nitrogens with zero attached hydrogens (tertiary/aromatic N) is 3. The summed E-state index contributed by atoms with van der Waals surface area (Å²) >= 11 is 1.62. The van der Waals surface area contributed by atoms with E-state index in [1.807, 2.05) is 24.3 Å². The second kappa shape index (κ2) is 9.90. The number of aliphatic imine (C=N–C) groups is 1. The normalized spacial score (nSPS) is 11.1. The standard InChI is InChI=1S/C16H21FN4OS.HI/c1-11-20-14(10-23-11)8-21(3)16(18-2)19-7-12-4-5-15(17)13(6-12)9-22;/h4-6,10,22H,7-9H2,1-3H3,(H,18,19);1H. The van der Waals surface area contributed by atoms with Crippen LogP contribution in [0.4, 0.5) is 4.39 Å². The van der Waals surface area contributed by atoms with Crippen LogP contribution >= 0.6 is 35.3 Å². The molecule has 5 nitrogen and oxygen atoms in total. The molecular weight excluding hydrogens is 442 g/mol. The van der Waals surface area contributed by atoms with E-state index >= 15 is 0 Å². The fourth-order valence-electron chi connectivity index (χ4n) is 2.22. The number of aryl methyl sites for hydroxylation is 1. The first-order chi connectivity index (χ1) is 11.0. The number of benzene rings is 1. The quantitative estimate of drug-likeness (QED) is 0.406. The Hall–Kier alpha value is -1.26. The highest BCUT2D eigenvalue weighted by Gasteiger charge is 2.09. The van der Waals surface area contributed by atoms with Crippen LogP contribution in [-0.4, -0.2) is 35.0 Å². The molecule has 2 aromatic rings. The van der Waals surface area contributed by atoms with Crippen LogP contribution in [-0.2, 0) is 19.7 Å². The van der Waals surface area contributed by atoms with Crippen molar-refractivity contribution in [3.63, 3.8) is 0 Å². The highest BCUT2D eigenvalue weighted by Crippen LogP contribution is 2.12. The number of nitrogens with one attached hydrogen (secondary N) is 1. The lowest BCUT2D eigenvalue weighted by Gasteiger charge is -2.21. The SMILES string of the molecule is CN=C(NCc1ccc(F)c(CO)c1)N(C)Cc1csc(C)n1.I. The molecule has 0 unspecified atom stereocenters. The Kier molecular flexibility index (Phi) is 8.57. The predicted octanol–water partition coefficient (Wildman–Crippen LogP) is 2.91. The van der Waals surface area contributed by atoms with Gasteiger partial charge in [-0.2, -0.15) is 0 Å². The van der Waals surface area contributed by atoms with Gasteiger partial charge in [0.25, 0.3) is 0 Å². The molecule has 0 atom stereocenters. The molecule has 0 aliphatic carbocycles. The summed E-state index contributed by atoms with van der Waals surface area (Å²) in [6.07, 6.45) is 0. The van der Waals surface area contributed by atoms with E-state index in [0.29, 0.717) is 18.7 Å². The third-order valence-electron chi connectivity index (χ3n) is 3.37. The summed E-state index contributed by atoms with van der Waals surface area (Å²) in [6, 6.07) is 4.71. The second-order valence-corrected chi connectivity index (χ2v) is 6.26. The number of hydrogen-bond acceptors (Lipinski definition) is 4. The number of aromatic nitrogens is 1. The van der Waals surface area contributed by atoms with Gasteiger partial charge in [0.1, 0.15) is 5.82 Å². The molecule has 2 rings (SSSR count). The minimum Gasteiger partial charge on any atom is -0.392 e. The van der Waals surface area contributed by atoms with Crippen LogP contribution < -0.4 is 5.32 Å². The molecule has 1 aromatic heterocycles. The van der Waals surface area contributed by atoms with Crippen LogP contribution in [0.15, 0.2) is 28.6 Å². The van der Waals surface area contributed by atoms with Gasteiger partial charge in [-0.15, -0.1) is 35.3 Å². The first-order valence-corrected chi connectivity index (χ1v) is 8.12. The largest absolute Gasteiger partial charge is 0.392 e. The molecular formula is C16H22FIN4OS. The molecule has 8 heteroatoms. The predicted molar refractivity (Wildman–Crippen MR) is 106 cm³/mol. The van der Waals surface area contributed by atoms with E-state index in [-0.39, 0.29) is 30.6 Å². The molecule has 1 heterocycles. The van der Waals surface area contributed by atoms with Crippen molar-refractivity contribution in [1.29, 1.82) is 0 Å². The minimum atomic E-state index is -0.392. The molecule has 0 saturated heterocycles. The fraction of sp³-hybridized carbons (Fsp3) is 0.375. The van der Waals surface area contributed by atoms with Crippen molar-refractivity contribution in [2.24, 2.45) is 4.99 Å². The van der Waals surface area contributed by atoms with E-state index in [1.54, 1.807) is 30.5 Å². The zero-order valence-corrected chi connectivity index (χ0v) is 17.1. The fourth-order valence-corrected chi connectivity index (χ4v) is 2.83. The average molecular weight is 464 g/mol. The monoisotopic (exact) mass is 464 g/mol. The van der Waals surface area contributed by atoms with Crippen molar-refractivity contribution in [3.05, 3.63) is 51.2 Å². The number of hydrogen-bond donors (Lipinski definition) is 2. The van der Waals surface area contributed by atoms with Crippen LogP contribution in [0.25, 0.3) is 0 Å². The Bertz CT molecular complexity index is 692. The lowest BCUT2D eigenvalue weighted by Crippen LogP contribution is -2.38. The zero-order valence-electron chi connectivity index (χ0n) is 13.9. The Labute approximate surface area is 162 Å². The van der Waals surface area contributed by atoms with Gasteiger partial charge < -0.3 is 15.3 Å². The van der Waals surface area contributed by atoms with Crippen LogP contribution in [0.5, 0.6) is 0 Å². The van der Waals surface area contributed by atoms with Crippen molar-refractivity contribution >= 4 is 41.3 Å². The molecule has 0 spiro atoms. The van der Waals surface area contributed by atoms with Crippen LogP contribution in [0.1, 0.15) is 21.8 Å². The molecule has 0 aliphatic heterocycles. The van der Waals surface area contributed by atoms with Crippen molar-refractivity contribution in [1.82, 2.24) is 15.2 Å². The molecule has 0 aliphatic rings. The molecule has 0 bridgehead atoms. The van der Waals surface area contributed by atoms with Gasteiger partial charge in [-0.1, -0.05) is 6.07 Å². The van der Waals surface area contributed by atoms with E-state index in [1.165, 1.54) is 6.07 Å². The summed E-state index contributed by atoms with van der Waals surface area (Å²) in [5, 5.41) is 15.4. The summed E-state index contributed by atoms with van der Waals surface area (Å²) in [7, 11) is 3.66. The number of halogens is 2. The van der Waals surface area contributed by atoms with Crippen LogP contribution in [0.3, 0.4) is 0 Å². The van der Waals surface area contributed by atoms with E-state index in [2.05, 4.69) is 15.3 Å². The number of rotatable bonds is 5. The minimum absolute atomic E-state index is 0. The van der Waals surface area contributed by atoms with E-state index in [9.17, 15) is 4.39 Å². The van der Waals surface area contributed by atoms with Gasteiger partial charge in [0.15, 0.2) is 5.96 Å². The van der Waals surface area contributed by atoms with Gasteiger partial charge >= 0.3 is 0 Å². The summed E-state index contributed by atoms with van der Waals surface area (Å²) in [6.45, 7) is 2.84. The van der Waals surface area contributed by atoms with Gasteiger partial charge in [0.2, 0.25) is 0 Å². The Morgan fingerprint density at radius 3 is 2.79 bits per heavy atom. The topological polar surface area (TPSA) is 60.8 Å². The van der Waals surface area contributed by atoms with Gasteiger partial charge in [-0.3, -0.25) is 4.99 Å². The maximum Gasteiger partial charge on any atom is 0.194 e. The van der Waals surface area contributed by atoms with Crippen LogP contribution in [0, 0.1) is 12.7 Å². The van der Waals surface area contributed by atoms with Crippen molar-refractivity contribution in [2.45, 2.75) is 26.6 Å². The van der Waals surface area contributed by atoms with Crippen molar-refractivity contribution < 1.29 is 9.50 Å². The lowest BCUT2D eigenvalue weighted by molar-refractivity contribution is 0.275. The maximum absolute atomic E-state index is 13.4. The smallest absolute Gasteiger partial charge is 0.194 e. The molecule has 0 amide bonds. The van der Waals surface area contributed by atoms with E-state index in [4.69, 9.17) is 5.11 Å². The van der Waals surface area contributed by atoms with Crippen molar-refractivity contribution in [3.8, 4) is 0 Å². The van der Waals surface area contributed by atoms with Gasteiger partial charge in [0, 0.05) is 31.6 Å². The summed E-state index contributed by atoms with van der Waals surface area (Å²) < 4.78 is 13.4. The van der Waals surface area contributed by atoms with Gasteiger partial charge in [0.05, 0.1) is 23.9 Å². The van der Waals surface area contributed by atoms with Crippen LogP contribution in [0.2, 0.25) is 0 Å². The number of aliphatic hydroxyl groups excluding tert-OH is 1. The van der Waals surface area contributed by atoms with Gasteiger partial charge in [-0.25, -0.2) is 9.37 Å². The first kappa shape index (κ1) is 20.8. The number of thiazole rings is 1. The Balaban J connectivity index is 0.00000288. The first-order valence-electron chi connectivity index (χ1n) is 7.24. The highest BCUT2D eigenvalue weighted by atomic mass is 127. The molecule has 2 N–H and O–H groups in total. The maximum atomic E-state index is 13.4. The number of aliphatic hydroxyl groups is 1. The molecule has 24 heavy (non-hydrogen) atoms. The van der Waals surface area contributed by atoms with E-state index < -0.39 is 5.82 Å². The summed E-state index contributed by atoms with van der Waals surface area (Å²) in [5.74, 6) is 0.335. The molecule has 1 aromatic carbocycles. The number of guanidine groups is 1. The Morgan fingerprint density at radius 2 is 2.21 bits per heavy atom. The third-order valence-corrected chi connectivity index (χ3v) is 4.19. The summed E-state index contributed by atoms with van der Waals surface area (Å²) in [4.78, 5) is 10.7. The molecule has 0 fully saturated rings. The molecule has 0 saturated carbocycles. The average Bonchev–Trinajstić information content (AvgIpc) is 2.94. The Morgan fingerprint density at radius 1 is 1.46 bits per heavy atom. The lowest BCUT2D eigenvalue weighted by atomic mass is 10.1. The van der Waals surface area contributed by atoms with Gasteiger partial charge in [-0.05, 0) is 24.6 Å². The zero-order chi connectivity index (χ0) is 16.8.